The molecular formula is C28H27N3O2S. The van der Waals surface area contributed by atoms with E-state index in [0.717, 1.165) is 41.3 Å². The molecule has 0 unspecified atom stereocenters. The Morgan fingerprint density at radius 1 is 1.12 bits per heavy atom. The molecule has 6 heteroatoms. The molecule has 1 saturated heterocycles. The standard InChI is InChI=1S/C28H27N3O2S/c1-18-7-12-24-21(15-18)22-16-30(2)14-13-25(22)31(24)27(32)17-33-20-10-8-19(9-11-20)28-29-23-5-3-4-6-26(23)34-28/h3-12,15,22,25H,13-14,16-17H2,1-2H3/t22-,25-/m0/s1. The third-order valence-corrected chi connectivity index (χ3v) is 8.06. The molecule has 1 fully saturated rings. The Morgan fingerprint density at radius 2 is 1.94 bits per heavy atom. The summed E-state index contributed by atoms with van der Waals surface area (Å²) in [5.74, 6) is 1.09. The molecule has 4 aromatic rings. The first kappa shape index (κ1) is 21.3. The molecule has 0 saturated carbocycles. The number of amides is 1. The fraction of sp³-hybridized carbons (Fsp3) is 0.286. The molecule has 2 atom stereocenters. The summed E-state index contributed by atoms with van der Waals surface area (Å²) in [6, 6.07) is 22.7. The van der Waals surface area contributed by atoms with Crippen LogP contribution in [0.5, 0.6) is 5.75 Å². The summed E-state index contributed by atoms with van der Waals surface area (Å²) in [4.78, 5) is 22.5. The largest absolute Gasteiger partial charge is 0.484 e. The molecule has 0 radical (unpaired) electrons. The number of para-hydroxylation sites is 1. The van der Waals surface area contributed by atoms with Crippen LogP contribution in [0.3, 0.4) is 0 Å². The summed E-state index contributed by atoms with van der Waals surface area (Å²) >= 11 is 1.68. The van der Waals surface area contributed by atoms with Crippen LogP contribution in [0.4, 0.5) is 5.69 Å². The van der Waals surface area contributed by atoms with Gasteiger partial charge in [0.15, 0.2) is 6.61 Å². The van der Waals surface area contributed by atoms with Crippen LogP contribution in [-0.4, -0.2) is 48.6 Å². The third kappa shape index (κ3) is 3.77. The predicted octanol–water partition coefficient (Wildman–Crippen LogP) is 5.49. The molecule has 1 aromatic heterocycles. The van der Waals surface area contributed by atoms with E-state index < -0.39 is 0 Å². The molecular weight excluding hydrogens is 442 g/mol. The SMILES string of the molecule is Cc1ccc2c(c1)[C@@H]1CN(C)CC[C@@H]1N2C(=O)COc1ccc(-c2nc3ccccc3s2)cc1. The van der Waals surface area contributed by atoms with Crippen LogP contribution in [-0.2, 0) is 4.79 Å². The lowest BCUT2D eigenvalue weighted by Crippen LogP contribution is -2.48. The van der Waals surface area contributed by atoms with Crippen molar-refractivity contribution in [2.75, 3.05) is 31.6 Å². The van der Waals surface area contributed by atoms with Gasteiger partial charge < -0.3 is 14.5 Å². The summed E-state index contributed by atoms with van der Waals surface area (Å²) < 4.78 is 7.13. The van der Waals surface area contributed by atoms with E-state index in [2.05, 4.69) is 43.1 Å². The van der Waals surface area contributed by atoms with Gasteiger partial charge >= 0.3 is 0 Å². The van der Waals surface area contributed by atoms with Gasteiger partial charge in [-0.2, -0.15) is 0 Å². The third-order valence-electron chi connectivity index (χ3n) is 6.98. The zero-order valence-electron chi connectivity index (χ0n) is 19.4. The zero-order chi connectivity index (χ0) is 23.2. The summed E-state index contributed by atoms with van der Waals surface area (Å²) in [6.45, 7) is 4.14. The zero-order valence-corrected chi connectivity index (χ0v) is 20.2. The molecule has 34 heavy (non-hydrogen) atoms. The van der Waals surface area contributed by atoms with Gasteiger partial charge in [0.25, 0.3) is 5.91 Å². The van der Waals surface area contributed by atoms with Gasteiger partial charge in [-0.25, -0.2) is 4.98 Å². The van der Waals surface area contributed by atoms with E-state index in [4.69, 9.17) is 9.72 Å². The lowest BCUT2D eigenvalue weighted by molar-refractivity contribution is -0.121. The van der Waals surface area contributed by atoms with Crippen LogP contribution >= 0.6 is 11.3 Å². The number of nitrogens with zero attached hydrogens (tertiary/aromatic N) is 3. The van der Waals surface area contributed by atoms with Gasteiger partial charge in [-0.1, -0.05) is 29.8 Å². The Labute approximate surface area is 203 Å². The number of ether oxygens (including phenoxy) is 1. The van der Waals surface area contributed by atoms with Gasteiger partial charge in [0.05, 0.1) is 10.2 Å². The molecule has 0 aliphatic carbocycles. The molecule has 5 nitrogen and oxygen atoms in total. The number of likely N-dealkylation sites (tertiary alicyclic amines) is 1. The van der Waals surface area contributed by atoms with Gasteiger partial charge in [0, 0.05) is 29.8 Å². The van der Waals surface area contributed by atoms with Crippen molar-refractivity contribution in [3.8, 4) is 16.3 Å². The summed E-state index contributed by atoms with van der Waals surface area (Å²) in [5, 5.41) is 0.987. The second-order valence-electron chi connectivity index (χ2n) is 9.35. The number of aryl methyl sites for hydroxylation is 1. The lowest BCUT2D eigenvalue weighted by atomic mass is 9.89. The van der Waals surface area contributed by atoms with E-state index in [1.165, 1.54) is 15.8 Å². The first-order valence-corrected chi connectivity index (χ1v) is 12.6. The number of carbonyl (C=O) groups excluding carboxylic acids is 1. The Bertz CT molecular complexity index is 1330. The van der Waals surface area contributed by atoms with Crippen molar-refractivity contribution >= 4 is 33.1 Å². The molecule has 6 rings (SSSR count). The van der Waals surface area contributed by atoms with Gasteiger partial charge in [0.1, 0.15) is 10.8 Å². The summed E-state index contributed by atoms with van der Waals surface area (Å²) in [5.41, 5.74) is 5.66. The number of fused-ring (bicyclic) bond motifs is 4. The number of aromatic nitrogens is 1. The highest BCUT2D eigenvalue weighted by molar-refractivity contribution is 7.21. The smallest absolute Gasteiger partial charge is 0.265 e. The van der Waals surface area contributed by atoms with Crippen LogP contribution in [0.15, 0.2) is 66.7 Å². The number of benzene rings is 3. The van der Waals surface area contributed by atoms with Gasteiger partial charge in [-0.3, -0.25) is 4.79 Å². The Kier molecular flexibility index (Phi) is 5.35. The number of anilines is 1. The van der Waals surface area contributed by atoms with E-state index in [-0.39, 0.29) is 18.6 Å². The molecule has 1 amide bonds. The van der Waals surface area contributed by atoms with Crippen molar-refractivity contribution in [2.45, 2.75) is 25.3 Å². The van der Waals surface area contributed by atoms with Crippen molar-refractivity contribution in [2.24, 2.45) is 0 Å². The maximum atomic E-state index is 13.4. The first-order chi connectivity index (χ1) is 16.6. The van der Waals surface area contributed by atoms with Crippen molar-refractivity contribution in [1.29, 1.82) is 0 Å². The normalized spacial score (nSPS) is 19.8. The second-order valence-corrected chi connectivity index (χ2v) is 10.4. The van der Waals surface area contributed by atoms with Crippen molar-refractivity contribution in [3.63, 3.8) is 0 Å². The number of hydrogen-bond donors (Lipinski definition) is 0. The molecule has 3 aromatic carbocycles. The van der Waals surface area contributed by atoms with Crippen molar-refractivity contribution < 1.29 is 9.53 Å². The molecule has 2 aliphatic heterocycles. The maximum absolute atomic E-state index is 13.4. The fourth-order valence-corrected chi connectivity index (χ4v) is 6.28. The quantitative estimate of drug-likeness (QED) is 0.397. The minimum Gasteiger partial charge on any atom is -0.484 e. The number of rotatable bonds is 4. The van der Waals surface area contributed by atoms with Gasteiger partial charge in [-0.15, -0.1) is 11.3 Å². The van der Waals surface area contributed by atoms with E-state index in [1.807, 2.05) is 47.4 Å². The van der Waals surface area contributed by atoms with Crippen LogP contribution < -0.4 is 9.64 Å². The molecule has 2 aliphatic rings. The van der Waals surface area contributed by atoms with Crippen LogP contribution in [0.25, 0.3) is 20.8 Å². The first-order valence-electron chi connectivity index (χ1n) is 11.8. The van der Waals surface area contributed by atoms with E-state index in [0.29, 0.717) is 11.7 Å². The van der Waals surface area contributed by atoms with Gasteiger partial charge in [-0.05, 0) is 75.0 Å². The lowest BCUT2D eigenvalue weighted by Gasteiger charge is -2.36. The number of piperidine rings is 1. The van der Waals surface area contributed by atoms with Crippen LogP contribution in [0.2, 0.25) is 0 Å². The summed E-state index contributed by atoms with van der Waals surface area (Å²) in [7, 11) is 2.16. The average Bonchev–Trinajstić information content (AvgIpc) is 3.42. The highest BCUT2D eigenvalue weighted by atomic mass is 32.1. The summed E-state index contributed by atoms with van der Waals surface area (Å²) in [6.07, 6.45) is 0.984. The van der Waals surface area contributed by atoms with Crippen LogP contribution in [0, 0.1) is 6.92 Å². The molecule has 0 bridgehead atoms. The van der Waals surface area contributed by atoms with E-state index in [9.17, 15) is 4.79 Å². The monoisotopic (exact) mass is 469 g/mol. The highest BCUT2D eigenvalue weighted by Crippen LogP contribution is 2.45. The maximum Gasteiger partial charge on any atom is 0.265 e. The minimum absolute atomic E-state index is 0.0254. The van der Waals surface area contributed by atoms with E-state index in [1.54, 1.807) is 11.3 Å². The predicted molar refractivity (Wildman–Crippen MR) is 138 cm³/mol. The molecule has 3 heterocycles. The average molecular weight is 470 g/mol. The Balaban J connectivity index is 1.18. The topological polar surface area (TPSA) is 45.7 Å². The molecule has 0 spiro atoms. The van der Waals surface area contributed by atoms with Crippen molar-refractivity contribution in [3.05, 3.63) is 77.9 Å². The number of carbonyl (C=O) groups is 1. The van der Waals surface area contributed by atoms with Crippen LogP contribution in [0.1, 0.15) is 23.5 Å². The highest BCUT2D eigenvalue weighted by Gasteiger charge is 2.43. The van der Waals surface area contributed by atoms with Crippen molar-refractivity contribution in [1.82, 2.24) is 9.88 Å². The molecule has 172 valence electrons. The van der Waals surface area contributed by atoms with E-state index >= 15 is 0 Å². The Hall–Kier alpha value is -3.22. The second kappa shape index (κ2) is 8.53. The minimum atomic E-state index is 0.0254. The van der Waals surface area contributed by atoms with Gasteiger partial charge in [0.2, 0.25) is 0 Å². The number of likely N-dealkylation sites (N-methyl/N-ethyl adjacent to an activating group) is 1. The number of hydrogen-bond acceptors (Lipinski definition) is 5. The fourth-order valence-electron chi connectivity index (χ4n) is 5.31. The number of thiazole rings is 1. The Morgan fingerprint density at radius 3 is 2.76 bits per heavy atom. The molecule has 0 N–H and O–H groups in total.